The van der Waals surface area contributed by atoms with E-state index in [1.165, 1.54) is 25.9 Å². The Labute approximate surface area is 104 Å². The van der Waals surface area contributed by atoms with E-state index in [0.717, 1.165) is 12.4 Å². The van der Waals surface area contributed by atoms with Gasteiger partial charge in [0.25, 0.3) is 0 Å². The number of imidazole rings is 1. The number of rotatable bonds is 3. The molecule has 0 aliphatic carbocycles. The number of nitrogens with zero attached hydrogens (tertiary/aromatic N) is 2. The maximum atomic E-state index is 4.23. The minimum atomic E-state index is 0.311. The molecule has 1 aromatic heterocycles. The van der Waals surface area contributed by atoms with Crippen molar-refractivity contribution in [2.24, 2.45) is 0 Å². The third-order valence-electron chi connectivity index (χ3n) is 3.56. The molecular weight excluding hydrogens is 212 g/mol. The average Bonchev–Trinajstić information content (AvgIpc) is 2.78. The predicted octanol–water partition coefficient (Wildman–Crippen LogP) is 1.76. The Morgan fingerprint density at radius 2 is 2.12 bits per heavy atom. The second-order valence-electron chi connectivity index (χ2n) is 5.85. The van der Waals surface area contributed by atoms with Crippen LogP contribution in [-0.2, 0) is 6.54 Å². The molecule has 0 unspecified atom stereocenters. The highest BCUT2D eigenvalue weighted by Crippen LogP contribution is 2.20. The van der Waals surface area contributed by atoms with Crippen molar-refractivity contribution in [2.45, 2.75) is 51.7 Å². The van der Waals surface area contributed by atoms with Crippen LogP contribution in [-0.4, -0.2) is 39.5 Å². The van der Waals surface area contributed by atoms with Crippen LogP contribution in [0.5, 0.6) is 0 Å². The quantitative estimate of drug-likeness (QED) is 0.840. The highest BCUT2D eigenvalue weighted by Gasteiger charge is 2.26. The SMILES string of the molecule is CC(C)(C)N1CCC(NCc2ncc[nH]2)CC1. The summed E-state index contributed by atoms with van der Waals surface area (Å²) in [6, 6.07) is 0.638. The summed E-state index contributed by atoms with van der Waals surface area (Å²) in [5.41, 5.74) is 0.311. The Morgan fingerprint density at radius 3 is 2.65 bits per heavy atom. The van der Waals surface area contributed by atoms with Gasteiger partial charge < -0.3 is 10.3 Å². The van der Waals surface area contributed by atoms with Crippen LogP contribution in [0.4, 0.5) is 0 Å². The number of hydrogen-bond donors (Lipinski definition) is 2. The zero-order chi connectivity index (χ0) is 12.3. The summed E-state index contributed by atoms with van der Waals surface area (Å²) in [6.07, 6.45) is 6.15. The van der Waals surface area contributed by atoms with Crippen molar-refractivity contribution < 1.29 is 0 Å². The van der Waals surface area contributed by atoms with Crippen molar-refractivity contribution in [3.05, 3.63) is 18.2 Å². The molecule has 17 heavy (non-hydrogen) atoms. The van der Waals surface area contributed by atoms with Crippen molar-refractivity contribution >= 4 is 0 Å². The van der Waals surface area contributed by atoms with Crippen LogP contribution in [0.2, 0.25) is 0 Å². The van der Waals surface area contributed by atoms with Crippen LogP contribution < -0.4 is 5.32 Å². The minimum Gasteiger partial charge on any atom is -0.348 e. The second-order valence-corrected chi connectivity index (χ2v) is 5.85. The molecule has 0 amide bonds. The second kappa shape index (κ2) is 5.19. The summed E-state index contributed by atoms with van der Waals surface area (Å²) in [5, 5.41) is 3.58. The van der Waals surface area contributed by atoms with Crippen molar-refractivity contribution in [3.63, 3.8) is 0 Å². The van der Waals surface area contributed by atoms with Gasteiger partial charge in [0.2, 0.25) is 0 Å². The zero-order valence-corrected chi connectivity index (χ0v) is 11.2. The van der Waals surface area contributed by atoms with E-state index in [2.05, 4.69) is 41.0 Å². The van der Waals surface area contributed by atoms with Crippen molar-refractivity contribution in [1.29, 1.82) is 0 Å². The summed E-state index contributed by atoms with van der Waals surface area (Å²) < 4.78 is 0. The first-order valence-electron chi connectivity index (χ1n) is 6.52. The molecule has 1 aromatic rings. The van der Waals surface area contributed by atoms with Crippen LogP contribution >= 0.6 is 0 Å². The molecule has 2 N–H and O–H groups in total. The van der Waals surface area contributed by atoms with Crippen molar-refractivity contribution in [2.75, 3.05) is 13.1 Å². The number of aromatic amines is 1. The van der Waals surface area contributed by atoms with E-state index in [-0.39, 0.29) is 0 Å². The van der Waals surface area contributed by atoms with Gasteiger partial charge in [-0.15, -0.1) is 0 Å². The Morgan fingerprint density at radius 1 is 1.41 bits per heavy atom. The normalized spacial score (nSPS) is 19.7. The van der Waals surface area contributed by atoms with Gasteiger partial charge >= 0.3 is 0 Å². The fourth-order valence-electron chi connectivity index (χ4n) is 2.39. The number of hydrogen-bond acceptors (Lipinski definition) is 3. The van der Waals surface area contributed by atoms with Crippen LogP contribution in [0.15, 0.2) is 12.4 Å². The monoisotopic (exact) mass is 236 g/mol. The number of nitrogens with one attached hydrogen (secondary N) is 2. The third-order valence-corrected chi connectivity index (χ3v) is 3.56. The first-order valence-corrected chi connectivity index (χ1v) is 6.52. The number of H-pyrrole nitrogens is 1. The van der Waals surface area contributed by atoms with Gasteiger partial charge in [0.1, 0.15) is 5.82 Å². The van der Waals surface area contributed by atoms with E-state index in [4.69, 9.17) is 0 Å². The van der Waals surface area contributed by atoms with Gasteiger partial charge in [0.05, 0.1) is 6.54 Å². The average molecular weight is 236 g/mol. The standard InChI is InChI=1S/C13H24N4/c1-13(2,3)17-8-4-11(5-9-17)16-10-12-14-6-7-15-12/h6-7,11,16H,4-5,8-10H2,1-3H3,(H,14,15). The van der Waals surface area contributed by atoms with Gasteiger partial charge in [0, 0.05) is 37.1 Å². The topological polar surface area (TPSA) is 44.0 Å². The van der Waals surface area contributed by atoms with Gasteiger partial charge in [0.15, 0.2) is 0 Å². The van der Waals surface area contributed by atoms with E-state index in [1.54, 1.807) is 6.20 Å². The summed E-state index contributed by atoms with van der Waals surface area (Å²) in [7, 11) is 0. The first kappa shape index (κ1) is 12.6. The molecule has 0 radical (unpaired) electrons. The Kier molecular flexibility index (Phi) is 3.84. The van der Waals surface area contributed by atoms with Crippen LogP contribution in [0.3, 0.4) is 0 Å². The molecule has 96 valence electrons. The lowest BCUT2D eigenvalue weighted by Gasteiger charge is -2.41. The van der Waals surface area contributed by atoms with E-state index in [0.29, 0.717) is 11.6 Å². The smallest absolute Gasteiger partial charge is 0.120 e. The fraction of sp³-hybridized carbons (Fsp3) is 0.769. The summed E-state index contributed by atoms with van der Waals surface area (Å²) in [6.45, 7) is 10.1. The molecule has 2 heterocycles. The minimum absolute atomic E-state index is 0.311. The van der Waals surface area contributed by atoms with Crippen molar-refractivity contribution in [1.82, 2.24) is 20.2 Å². The highest BCUT2D eigenvalue weighted by molar-refractivity contribution is 4.89. The third kappa shape index (κ3) is 3.54. The summed E-state index contributed by atoms with van der Waals surface area (Å²) in [4.78, 5) is 9.92. The van der Waals surface area contributed by atoms with E-state index in [1.807, 2.05) is 6.20 Å². The van der Waals surface area contributed by atoms with Gasteiger partial charge in [-0.25, -0.2) is 4.98 Å². The predicted molar refractivity (Wildman–Crippen MR) is 69.8 cm³/mol. The molecule has 0 atom stereocenters. The first-order chi connectivity index (χ1) is 8.05. The molecule has 4 heteroatoms. The lowest BCUT2D eigenvalue weighted by atomic mass is 9.98. The van der Waals surface area contributed by atoms with Gasteiger partial charge in [-0.05, 0) is 33.6 Å². The largest absolute Gasteiger partial charge is 0.348 e. The zero-order valence-electron chi connectivity index (χ0n) is 11.2. The molecule has 4 nitrogen and oxygen atoms in total. The number of aromatic nitrogens is 2. The van der Waals surface area contributed by atoms with Crippen LogP contribution in [0, 0.1) is 0 Å². The molecule has 0 saturated carbocycles. The maximum Gasteiger partial charge on any atom is 0.120 e. The van der Waals surface area contributed by atoms with E-state index < -0.39 is 0 Å². The fourth-order valence-corrected chi connectivity index (χ4v) is 2.39. The van der Waals surface area contributed by atoms with E-state index >= 15 is 0 Å². The van der Waals surface area contributed by atoms with Gasteiger partial charge in [-0.3, -0.25) is 4.90 Å². The lowest BCUT2D eigenvalue weighted by Crippen LogP contribution is -2.49. The number of likely N-dealkylation sites (tertiary alicyclic amines) is 1. The lowest BCUT2D eigenvalue weighted by molar-refractivity contribution is 0.0959. The van der Waals surface area contributed by atoms with Gasteiger partial charge in [-0.1, -0.05) is 0 Å². The van der Waals surface area contributed by atoms with Crippen LogP contribution in [0.1, 0.15) is 39.4 Å². The maximum absolute atomic E-state index is 4.23. The molecular formula is C13H24N4. The summed E-state index contributed by atoms with van der Waals surface area (Å²) in [5.74, 6) is 1.03. The molecule has 2 rings (SSSR count). The number of piperidine rings is 1. The molecule has 1 aliphatic rings. The Balaban J connectivity index is 1.72. The Bertz CT molecular complexity index is 318. The highest BCUT2D eigenvalue weighted by atomic mass is 15.2. The molecule has 1 saturated heterocycles. The summed E-state index contributed by atoms with van der Waals surface area (Å²) >= 11 is 0. The van der Waals surface area contributed by atoms with Crippen LogP contribution in [0.25, 0.3) is 0 Å². The molecule has 0 aromatic carbocycles. The molecule has 0 bridgehead atoms. The van der Waals surface area contributed by atoms with E-state index in [9.17, 15) is 0 Å². The molecule has 1 fully saturated rings. The van der Waals surface area contributed by atoms with Gasteiger partial charge in [-0.2, -0.15) is 0 Å². The molecule has 0 spiro atoms. The van der Waals surface area contributed by atoms with Crippen molar-refractivity contribution in [3.8, 4) is 0 Å². The Hall–Kier alpha value is -0.870. The molecule has 1 aliphatic heterocycles.